The number of carbonyl (C=O) groups excluding carboxylic acids is 1. The van der Waals surface area contributed by atoms with E-state index in [-0.39, 0.29) is 18.2 Å². The van der Waals surface area contributed by atoms with Crippen molar-refractivity contribution < 1.29 is 13.2 Å². The first-order chi connectivity index (χ1) is 11.4. The molecule has 24 heavy (non-hydrogen) atoms. The summed E-state index contributed by atoms with van der Waals surface area (Å²) in [5, 5.41) is 9.37. The summed E-state index contributed by atoms with van der Waals surface area (Å²) in [6, 6.07) is 7.16. The molecule has 2 rings (SSSR count). The first kappa shape index (κ1) is 18.5. The Hall–Kier alpha value is -1.82. The Balaban J connectivity index is 1.92. The number of nitrogens with one attached hydrogen (secondary N) is 1. The van der Waals surface area contributed by atoms with Crippen molar-refractivity contribution in [3.8, 4) is 6.07 Å². The van der Waals surface area contributed by atoms with Gasteiger partial charge in [0.2, 0.25) is 15.9 Å². The molecule has 0 atom stereocenters. The highest BCUT2D eigenvalue weighted by atomic mass is 35.5. The molecule has 0 bridgehead atoms. The van der Waals surface area contributed by atoms with Gasteiger partial charge in [0.1, 0.15) is 0 Å². The van der Waals surface area contributed by atoms with Gasteiger partial charge in [0.25, 0.3) is 0 Å². The van der Waals surface area contributed by atoms with Gasteiger partial charge in [-0.05, 0) is 25.1 Å². The fraction of sp³-hybridized carbons (Fsp3) is 0.467. The SMILES string of the molecule is CCS(=O)(=O)NCC(=O)N1CCN(c2ccc(C#N)cc2Cl)CC1. The molecule has 1 saturated heterocycles. The highest BCUT2D eigenvalue weighted by Crippen LogP contribution is 2.27. The second kappa shape index (κ2) is 7.83. The third-order valence-corrected chi connectivity index (χ3v) is 5.52. The molecule has 1 N–H and O–H groups in total. The van der Waals surface area contributed by atoms with Crippen molar-refractivity contribution in [3.63, 3.8) is 0 Å². The van der Waals surface area contributed by atoms with Crippen LogP contribution in [0.5, 0.6) is 0 Å². The average molecular weight is 371 g/mol. The van der Waals surface area contributed by atoms with Gasteiger partial charge in [-0.25, -0.2) is 13.1 Å². The summed E-state index contributed by atoms with van der Waals surface area (Å²) in [6.07, 6.45) is 0. The van der Waals surface area contributed by atoms with E-state index in [4.69, 9.17) is 16.9 Å². The minimum Gasteiger partial charge on any atom is -0.367 e. The average Bonchev–Trinajstić information content (AvgIpc) is 2.60. The van der Waals surface area contributed by atoms with Crippen LogP contribution in [0.2, 0.25) is 5.02 Å². The Morgan fingerprint density at radius 3 is 2.54 bits per heavy atom. The molecule has 1 aliphatic rings. The second-order valence-corrected chi connectivity index (χ2v) is 7.87. The third kappa shape index (κ3) is 4.60. The molecule has 0 saturated carbocycles. The van der Waals surface area contributed by atoms with Crippen molar-refractivity contribution >= 4 is 33.2 Å². The molecular formula is C15H19ClN4O3S. The number of sulfonamides is 1. The minimum atomic E-state index is -3.37. The smallest absolute Gasteiger partial charge is 0.237 e. The topological polar surface area (TPSA) is 93.5 Å². The molecule has 1 aliphatic heterocycles. The quantitative estimate of drug-likeness (QED) is 0.827. The molecule has 130 valence electrons. The Labute approximate surface area is 146 Å². The zero-order valence-electron chi connectivity index (χ0n) is 13.3. The predicted molar refractivity (Wildman–Crippen MR) is 92.4 cm³/mol. The van der Waals surface area contributed by atoms with Crippen molar-refractivity contribution in [2.24, 2.45) is 0 Å². The van der Waals surface area contributed by atoms with Crippen molar-refractivity contribution in [2.45, 2.75) is 6.92 Å². The molecule has 0 aliphatic carbocycles. The van der Waals surface area contributed by atoms with Crippen molar-refractivity contribution in [1.29, 1.82) is 5.26 Å². The number of benzene rings is 1. The molecule has 1 aromatic rings. The largest absolute Gasteiger partial charge is 0.367 e. The van der Waals surface area contributed by atoms with Crippen LogP contribution in [0.1, 0.15) is 12.5 Å². The van der Waals surface area contributed by atoms with E-state index in [2.05, 4.69) is 4.72 Å². The molecule has 0 aromatic heterocycles. The number of hydrogen-bond acceptors (Lipinski definition) is 5. The minimum absolute atomic E-state index is 0.0503. The molecule has 0 spiro atoms. The number of hydrogen-bond donors (Lipinski definition) is 1. The number of piperazine rings is 1. The standard InChI is InChI=1S/C15H19ClN4O3S/c1-2-24(22,23)18-11-15(21)20-7-5-19(6-8-20)14-4-3-12(10-17)9-13(14)16/h3-4,9,18H,2,5-8,11H2,1H3. The van der Waals surface area contributed by atoms with Gasteiger partial charge in [0.05, 0.1) is 34.6 Å². The van der Waals surface area contributed by atoms with E-state index in [1.54, 1.807) is 23.1 Å². The van der Waals surface area contributed by atoms with Crippen LogP contribution in [-0.2, 0) is 14.8 Å². The molecule has 0 radical (unpaired) electrons. The number of anilines is 1. The van der Waals surface area contributed by atoms with Crippen LogP contribution in [0.3, 0.4) is 0 Å². The van der Waals surface area contributed by atoms with Crippen LogP contribution >= 0.6 is 11.6 Å². The number of rotatable bonds is 5. The summed E-state index contributed by atoms with van der Waals surface area (Å²) >= 11 is 6.21. The van der Waals surface area contributed by atoms with E-state index in [0.29, 0.717) is 36.8 Å². The van der Waals surface area contributed by atoms with Gasteiger partial charge in [0, 0.05) is 26.2 Å². The second-order valence-electron chi connectivity index (χ2n) is 5.37. The summed E-state index contributed by atoms with van der Waals surface area (Å²) in [5.74, 6) is -0.289. The van der Waals surface area contributed by atoms with E-state index >= 15 is 0 Å². The van der Waals surface area contributed by atoms with Crippen LogP contribution in [0, 0.1) is 11.3 Å². The molecule has 0 unspecified atom stereocenters. The molecule has 1 fully saturated rings. The molecule has 9 heteroatoms. The van der Waals surface area contributed by atoms with Crippen LogP contribution in [-0.4, -0.2) is 57.7 Å². The summed E-state index contributed by atoms with van der Waals surface area (Å²) in [4.78, 5) is 15.7. The van der Waals surface area contributed by atoms with E-state index < -0.39 is 10.0 Å². The predicted octanol–water partition coefficient (Wildman–Crippen LogP) is 0.800. The summed E-state index contributed by atoms with van der Waals surface area (Å²) in [5.41, 5.74) is 1.33. The van der Waals surface area contributed by atoms with E-state index in [9.17, 15) is 13.2 Å². The molecule has 1 aromatic carbocycles. The van der Waals surface area contributed by atoms with E-state index in [1.165, 1.54) is 6.92 Å². The first-order valence-corrected chi connectivity index (χ1v) is 9.59. The van der Waals surface area contributed by atoms with Crippen LogP contribution < -0.4 is 9.62 Å². The van der Waals surface area contributed by atoms with Gasteiger partial charge in [-0.2, -0.15) is 5.26 Å². The van der Waals surface area contributed by atoms with Gasteiger partial charge in [-0.15, -0.1) is 0 Å². The van der Waals surface area contributed by atoms with Crippen LogP contribution in [0.15, 0.2) is 18.2 Å². The van der Waals surface area contributed by atoms with Crippen molar-refractivity contribution in [1.82, 2.24) is 9.62 Å². The Bertz CT molecular complexity index is 752. The number of carbonyl (C=O) groups is 1. The Morgan fingerprint density at radius 2 is 2.00 bits per heavy atom. The maximum absolute atomic E-state index is 12.1. The molecular weight excluding hydrogens is 352 g/mol. The summed E-state index contributed by atoms with van der Waals surface area (Å²) in [6.45, 7) is 3.47. The summed E-state index contributed by atoms with van der Waals surface area (Å²) < 4.78 is 25.1. The van der Waals surface area contributed by atoms with E-state index in [0.717, 1.165) is 5.69 Å². The lowest BCUT2D eigenvalue weighted by molar-refractivity contribution is -0.130. The van der Waals surface area contributed by atoms with Crippen molar-refractivity contribution in [2.75, 3.05) is 43.4 Å². The highest BCUT2D eigenvalue weighted by molar-refractivity contribution is 7.89. The number of nitriles is 1. The van der Waals surface area contributed by atoms with Gasteiger partial charge in [-0.3, -0.25) is 4.79 Å². The van der Waals surface area contributed by atoms with Gasteiger partial charge in [0.15, 0.2) is 0 Å². The van der Waals surface area contributed by atoms with Gasteiger partial charge in [-0.1, -0.05) is 11.6 Å². The molecule has 1 amide bonds. The fourth-order valence-electron chi connectivity index (χ4n) is 2.42. The monoisotopic (exact) mass is 370 g/mol. The Morgan fingerprint density at radius 1 is 1.33 bits per heavy atom. The third-order valence-electron chi connectivity index (χ3n) is 3.87. The van der Waals surface area contributed by atoms with Gasteiger partial charge < -0.3 is 9.80 Å². The maximum Gasteiger partial charge on any atom is 0.237 e. The maximum atomic E-state index is 12.1. The number of amides is 1. The number of nitrogens with zero attached hydrogens (tertiary/aromatic N) is 3. The zero-order chi connectivity index (χ0) is 17.7. The number of halogens is 1. The first-order valence-electron chi connectivity index (χ1n) is 7.56. The van der Waals surface area contributed by atoms with Crippen LogP contribution in [0.4, 0.5) is 5.69 Å². The highest BCUT2D eigenvalue weighted by Gasteiger charge is 2.23. The normalized spacial score (nSPS) is 15.2. The lowest BCUT2D eigenvalue weighted by Crippen LogP contribution is -2.51. The molecule has 7 nitrogen and oxygen atoms in total. The lowest BCUT2D eigenvalue weighted by Gasteiger charge is -2.36. The van der Waals surface area contributed by atoms with Gasteiger partial charge >= 0.3 is 0 Å². The Kier molecular flexibility index (Phi) is 6.04. The zero-order valence-corrected chi connectivity index (χ0v) is 14.9. The van der Waals surface area contributed by atoms with Crippen LogP contribution in [0.25, 0.3) is 0 Å². The molecule has 1 heterocycles. The lowest BCUT2D eigenvalue weighted by atomic mass is 10.2. The fourth-order valence-corrected chi connectivity index (χ4v) is 3.26. The van der Waals surface area contributed by atoms with E-state index in [1.807, 2.05) is 11.0 Å². The summed E-state index contributed by atoms with van der Waals surface area (Å²) in [7, 11) is -3.37. The van der Waals surface area contributed by atoms with Crippen molar-refractivity contribution in [3.05, 3.63) is 28.8 Å².